The molecule has 0 fully saturated rings. The number of rotatable bonds is 0. The fraction of sp³-hybridized carbons (Fsp3) is 0.0625. The molecule has 4 aromatic rings. The summed E-state index contributed by atoms with van der Waals surface area (Å²) in [5.41, 5.74) is 3.04. The molecule has 5 heteroatoms. The van der Waals surface area contributed by atoms with Gasteiger partial charge in [0.2, 0.25) is 5.91 Å². The van der Waals surface area contributed by atoms with Crippen molar-refractivity contribution in [2.24, 2.45) is 0 Å². The quantitative estimate of drug-likeness (QED) is 0.494. The Bertz CT molecular complexity index is 1040. The van der Waals surface area contributed by atoms with Gasteiger partial charge in [-0.1, -0.05) is 12.1 Å². The molecule has 4 nitrogen and oxygen atoms in total. The normalized spacial score (nSPS) is 11.5. The highest BCUT2D eigenvalue weighted by Crippen LogP contribution is 2.28. The minimum absolute atomic E-state index is 0.175. The Morgan fingerprint density at radius 2 is 1.81 bits per heavy atom. The van der Waals surface area contributed by atoms with Crippen LogP contribution in [0.1, 0.15) is 11.7 Å². The lowest BCUT2D eigenvalue weighted by molar-refractivity contribution is 0.0946. The number of aromatic nitrogens is 3. The van der Waals surface area contributed by atoms with E-state index in [2.05, 4.69) is 9.97 Å². The van der Waals surface area contributed by atoms with Gasteiger partial charge in [0.05, 0.1) is 16.6 Å². The van der Waals surface area contributed by atoms with Crippen LogP contribution in [0.3, 0.4) is 0 Å². The number of halogens is 1. The average Bonchev–Trinajstić information content (AvgIpc) is 2.78. The largest absolute Gasteiger partial charge is 0.274 e. The third kappa shape index (κ3) is 1.64. The van der Waals surface area contributed by atoms with Crippen molar-refractivity contribution in [1.82, 2.24) is 14.5 Å². The second-order valence-corrected chi connectivity index (χ2v) is 4.90. The third-order valence-electron chi connectivity index (χ3n) is 3.53. The minimum atomic E-state index is -0.361. The Hall–Kier alpha value is -2.82. The third-order valence-corrected chi connectivity index (χ3v) is 3.53. The van der Waals surface area contributed by atoms with Crippen LogP contribution in [0.25, 0.3) is 33.1 Å². The van der Waals surface area contributed by atoms with E-state index in [1.807, 2.05) is 24.3 Å². The van der Waals surface area contributed by atoms with Crippen molar-refractivity contribution >= 4 is 39.0 Å². The predicted octanol–water partition coefficient (Wildman–Crippen LogP) is 3.54. The van der Waals surface area contributed by atoms with Gasteiger partial charge in [-0.25, -0.2) is 14.4 Å². The molecule has 21 heavy (non-hydrogen) atoms. The fourth-order valence-corrected chi connectivity index (χ4v) is 2.65. The van der Waals surface area contributed by atoms with E-state index < -0.39 is 0 Å². The van der Waals surface area contributed by atoms with Gasteiger partial charge in [-0.15, -0.1) is 0 Å². The number of nitrogens with zero attached hydrogens (tertiary/aromatic N) is 3. The second kappa shape index (κ2) is 4.09. The van der Waals surface area contributed by atoms with Crippen LogP contribution in [0.5, 0.6) is 0 Å². The van der Waals surface area contributed by atoms with Crippen molar-refractivity contribution in [3.8, 4) is 0 Å². The van der Waals surface area contributed by atoms with Crippen molar-refractivity contribution < 1.29 is 9.18 Å². The van der Waals surface area contributed by atoms with Crippen LogP contribution in [0.2, 0.25) is 0 Å². The predicted molar refractivity (Wildman–Crippen MR) is 78.8 cm³/mol. The van der Waals surface area contributed by atoms with Crippen LogP contribution in [-0.2, 0) is 0 Å². The summed E-state index contributed by atoms with van der Waals surface area (Å²) < 4.78 is 15.0. The first kappa shape index (κ1) is 12.0. The molecule has 0 aliphatic carbocycles. The van der Waals surface area contributed by atoms with E-state index in [0.29, 0.717) is 27.6 Å². The van der Waals surface area contributed by atoms with E-state index in [1.165, 1.54) is 23.6 Å². The van der Waals surface area contributed by atoms with Crippen LogP contribution in [0.15, 0.2) is 42.5 Å². The van der Waals surface area contributed by atoms with Gasteiger partial charge in [0.1, 0.15) is 11.3 Å². The van der Waals surface area contributed by atoms with Crippen LogP contribution >= 0.6 is 0 Å². The highest BCUT2D eigenvalue weighted by Gasteiger charge is 2.17. The zero-order chi connectivity index (χ0) is 14.6. The van der Waals surface area contributed by atoms with Crippen LogP contribution < -0.4 is 0 Å². The molecule has 2 aromatic heterocycles. The molecule has 0 bridgehead atoms. The molecule has 102 valence electrons. The van der Waals surface area contributed by atoms with Gasteiger partial charge in [0.15, 0.2) is 5.65 Å². The molecule has 4 rings (SSSR count). The molecular weight excluding hydrogens is 269 g/mol. The van der Waals surface area contributed by atoms with Crippen molar-refractivity contribution in [2.75, 3.05) is 0 Å². The fourth-order valence-electron chi connectivity index (χ4n) is 2.65. The Kier molecular flexibility index (Phi) is 2.33. The maximum atomic E-state index is 13.5. The Morgan fingerprint density at radius 3 is 2.52 bits per heavy atom. The van der Waals surface area contributed by atoms with E-state index in [4.69, 9.17) is 0 Å². The van der Waals surface area contributed by atoms with Gasteiger partial charge < -0.3 is 0 Å². The molecule has 0 saturated carbocycles. The second-order valence-electron chi connectivity index (χ2n) is 4.90. The number of fused-ring (bicyclic) bond motifs is 4. The molecule has 0 atom stereocenters. The summed E-state index contributed by atoms with van der Waals surface area (Å²) in [4.78, 5) is 21.0. The average molecular weight is 279 g/mol. The summed E-state index contributed by atoms with van der Waals surface area (Å²) >= 11 is 0. The lowest BCUT2D eigenvalue weighted by Gasteiger charge is -2.01. The maximum absolute atomic E-state index is 13.5. The van der Waals surface area contributed by atoms with E-state index >= 15 is 0 Å². The summed E-state index contributed by atoms with van der Waals surface area (Å²) in [6.07, 6.45) is 0. The van der Waals surface area contributed by atoms with Crippen molar-refractivity contribution in [1.29, 1.82) is 0 Å². The topological polar surface area (TPSA) is 47.8 Å². The van der Waals surface area contributed by atoms with Crippen molar-refractivity contribution in [2.45, 2.75) is 6.92 Å². The standard InChI is InChI=1S/C16H10FN3O/c1-9(21)20-14-7-6-10(17)8-11(14)15-16(20)19-13-5-3-2-4-12(13)18-15/h2-8H,1H3. The van der Waals surface area contributed by atoms with Gasteiger partial charge in [0, 0.05) is 12.3 Å². The van der Waals surface area contributed by atoms with Crippen LogP contribution in [-0.4, -0.2) is 20.4 Å². The van der Waals surface area contributed by atoms with Crippen LogP contribution in [0.4, 0.5) is 4.39 Å². The number of para-hydroxylation sites is 2. The number of carbonyl (C=O) groups excluding carboxylic acids is 1. The Labute approximate surface area is 118 Å². The molecule has 0 saturated heterocycles. The number of hydrogen-bond acceptors (Lipinski definition) is 3. The van der Waals surface area contributed by atoms with Gasteiger partial charge in [0.25, 0.3) is 0 Å². The lowest BCUT2D eigenvalue weighted by atomic mass is 10.2. The molecule has 2 heterocycles. The zero-order valence-electron chi connectivity index (χ0n) is 11.2. The SMILES string of the molecule is CC(=O)n1c2ccc(F)cc2c2nc3ccccc3nc21. The smallest absolute Gasteiger partial charge is 0.229 e. The molecular formula is C16H10FN3O. The van der Waals surface area contributed by atoms with Gasteiger partial charge >= 0.3 is 0 Å². The molecule has 2 aromatic carbocycles. The van der Waals surface area contributed by atoms with E-state index in [9.17, 15) is 9.18 Å². The Morgan fingerprint density at radius 1 is 1.10 bits per heavy atom. The monoisotopic (exact) mass is 279 g/mol. The number of hydrogen-bond donors (Lipinski definition) is 0. The molecule has 0 N–H and O–H groups in total. The Balaban J connectivity index is 2.31. The summed E-state index contributed by atoms with van der Waals surface area (Å²) in [5.74, 6) is -0.536. The van der Waals surface area contributed by atoms with Gasteiger partial charge in [-0.05, 0) is 30.3 Å². The number of benzene rings is 2. The summed E-state index contributed by atoms with van der Waals surface area (Å²) in [5, 5.41) is 0.596. The van der Waals surface area contributed by atoms with Gasteiger partial charge in [-0.3, -0.25) is 9.36 Å². The van der Waals surface area contributed by atoms with Crippen LogP contribution in [0, 0.1) is 5.82 Å². The van der Waals surface area contributed by atoms with Crippen molar-refractivity contribution in [3.05, 3.63) is 48.3 Å². The molecule has 0 amide bonds. The molecule has 0 unspecified atom stereocenters. The molecule has 0 radical (unpaired) electrons. The maximum Gasteiger partial charge on any atom is 0.229 e. The molecule has 0 aliphatic rings. The highest BCUT2D eigenvalue weighted by molar-refractivity contribution is 6.11. The first-order valence-electron chi connectivity index (χ1n) is 6.52. The molecule has 0 spiro atoms. The number of carbonyl (C=O) groups is 1. The summed E-state index contributed by atoms with van der Waals surface area (Å²) in [6, 6.07) is 11.7. The molecule has 0 aliphatic heterocycles. The highest BCUT2D eigenvalue weighted by atomic mass is 19.1. The van der Waals surface area contributed by atoms with E-state index in [-0.39, 0.29) is 11.7 Å². The van der Waals surface area contributed by atoms with E-state index in [0.717, 1.165) is 5.52 Å². The van der Waals surface area contributed by atoms with Gasteiger partial charge in [-0.2, -0.15) is 0 Å². The van der Waals surface area contributed by atoms with E-state index in [1.54, 1.807) is 6.07 Å². The summed E-state index contributed by atoms with van der Waals surface area (Å²) in [6.45, 7) is 1.46. The zero-order valence-corrected chi connectivity index (χ0v) is 11.2. The summed E-state index contributed by atoms with van der Waals surface area (Å²) in [7, 11) is 0. The van der Waals surface area contributed by atoms with Crippen molar-refractivity contribution in [3.63, 3.8) is 0 Å². The first-order valence-corrected chi connectivity index (χ1v) is 6.52. The first-order chi connectivity index (χ1) is 10.1. The lowest BCUT2D eigenvalue weighted by Crippen LogP contribution is -2.06. The minimum Gasteiger partial charge on any atom is -0.274 e.